The van der Waals surface area contributed by atoms with Crippen LogP contribution in [-0.4, -0.2) is 46.5 Å². The van der Waals surface area contributed by atoms with E-state index in [1.807, 2.05) is 20.8 Å². The van der Waals surface area contributed by atoms with Crippen molar-refractivity contribution in [3.8, 4) is 0 Å². The smallest absolute Gasteiger partial charge is 0.0768 e. The summed E-state index contributed by atoms with van der Waals surface area (Å²) in [5.41, 5.74) is -0.655. The molecule has 2 atom stereocenters. The lowest BCUT2D eigenvalue weighted by Gasteiger charge is -2.37. The van der Waals surface area contributed by atoms with Crippen LogP contribution in [0.4, 0.5) is 0 Å². The number of aliphatic hydroxyl groups is 2. The number of hydrogen-bond donors (Lipinski definition) is 2. The van der Waals surface area contributed by atoms with E-state index in [-0.39, 0.29) is 18.6 Å². The highest BCUT2D eigenvalue weighted by molar-refractivity contribution is 4.85. The van der Waals surface area contributed by atoms with Crippen LogP contribution in [0.25, 0.3) is 0 Å². The Balaban J connectivity index is 2.61. The fraction of sp³-hybridized carbons (Fsp3) is 1.00. The molecule has 1 fully saturated rings. The Morgan fingerprint density at radius 3 is 2.56 bits per heavy atom. The SMILES string of the molecule is CC(C)C(C)(O)CN1CCCCCC1CO. The largest absolute Gasteiger partial charge is 0.395 e. The lowest BCUT2D eigenvalue weighted by Crippen LogP contribution is -2.49. The van der Waals surface area contributed by atoms with E-state index in [0.29, 0.717) is 6.54 Å². The molecule has 0 saturated carbocycles. The second-order valence-corrected chi connectivity index (χ2v) is 5.67. The molecule has 0 aromatic heterocycles. The Morgan fingerprint density at radius 1 is 1.31 bits per heavy atom. The van der Waals surface area contributed by atoms with E-state index in [0.717, 1.165) is 13.0 Å². The lowest BCUT2D eigenvalue weighted by molar-refractivity contribution is -0.0344. The van der Waals surface area contributed by atoms with Gasteiger partial charge in [-0.05, 0) is 32.2 Å². The van der Waals surface area contributed by atoms with E-state index in [2.05, 4.69) is 4.90 Å². The standard InChI is InChI=1S/C13H27NO2/c1-11(2)13(3,16)10-14-8-6-4-5-7-12(14)9-15/h11-12,15-16H,4-10H2,1-3H3. The minimum atomic E-state index is -0.655. The van der Waals surface area contributed by atoms with Crippen LogP contribution in [-0.2, 0) is 0 Å². The van der Waals surface area contributed by atoms with Crippen molar-refractivity contribution in [2.24, 2.45) is 5.92 Å². The monoisotopic (exact) mass is 229 g/mol. The summed E-state index contributed by atoms with van der Waals surface area (Å²) in [5, 5.41) is 19.7. The van der Waals surface area contributed by atoms with Gasteiger partial charge in [-0.25, -0.2) is 0 Å². The first-order valence-corrected chi connectivity index (χ1v) is 6.54. The molecule has 0 spiro atoms. The molecule has 0 aromatic rings. The van der Waals surface area contributed by atoms with Crippen molar-refractivity contribution in [3.05, 3.63) is 0 Å². The molecule has 3 nitrogen and oxygen atoms in total. The van der Waals surface area contributed by atoms with Crippen molar-refractivity contribution >= 4 is 0 Å². The Labute approximate surface area is 99.5 Å². The molecule has 16 heavy (non-hydrogen) atoms. The minimum Gasteiger partial charge on any atom is -0.395 e. The van der Waals surface area contributed by atoms with Gasteiger partial charge in [-0.15, -0.1) is 0 Å². The average molecular weight is 229 g/mol. The average Bonchev–Trinajstić information content (AvgIpc) is 2.42. The predicted molar refractivity (Wildman–Crippen MR) is 66.4 cm³/mol. The molecule has 0 aromatic carbocycles. The summed E-state index contributed by atoms with van der Waals surface area (Å²) >= 11 is 0. The predicted octanol–water partition coefficient (Wildman–Crippen LogP) is 1.63. The summed E-state index contributed by atoms with van der Waals surface area (Å²) < 4.78 is 0. The van der Waals surface area contributed by atoms with Crippen LogP contribution in [0.2, 0.25) is 0 Å². The van der Waals surface area contributed by atoms with Crippen molar-refractivity contribution in [3.63, 3.8) is 0 Å². The van der Waals surface area contributed by atoms with Crippen LogP contribution in [0.5, 0.6) is 0 Å². The van der Waals surface area contributed by atoms with E-state index >= 15 is 0 Å². The normalized spacial score (nSPS) is 27.8. The second kappa shape index (κ2) is 5.99. The van der Waals surface area contributed by atoms with E-state index in [4.69, 9.17) is 0 Å². The molecule has 2 unspecified atom stereocenters. The number of aliphatic hydroxyl groups excluding tert-OH is 1. The minimum absolute atomic E-state index is 0.216. The van der Waals surface area contributed by atoms with Gasteiger partial charge in [-0.2, -0.15) is 0 Å². The summed E-state index contributed by atoms with van der Waals surface area (Å²) in [5.74, 6) is 0.245. The zero-order valence-corrected chi connectivity index (χ0v) is 10.9. The van der Waals surface area contributed by atoms with Crippen molar-refractivity contribution in [2.75, 3.05) is 19.7 Å². The van der Waals surface area contributed by atoms with Gasteiger partial charge < -0.3 is 10.2 Å². The first-order valence-electron chi connectivity index (χ1n) is 6.54. The van der Waals surface area contributed by atoms with Gasteiger partial charge in [0.25, 0.3) is 0 Å². The molecule has 1 aliphatic heterocycles. The first kappa shape index (κ1) is 13.9. The maximum Gasteiger partial charge on any atom is 0.0768 e. The molecular formula is C13H27NO2. The molecule has 2 N–H and O–H groups in total. The van der Waals surface area contributed by atoms with Crippen molar-refractivity contribution in [1.29, 1.82) is 0 Å². The highest BCUT2D eigenvalue weighted by Gasteiger charge is 2.31. The molecule has 3 heteroatoms. The molecule has 0 amide bonds. The van der Waals surface area contributed by atoms with Gasteiger partial charge >= 0.3 is 0 Å². The highest BCUT2D eigenvalue weighted by atomic mass is 16.3. The first-order chi connectivity index (χ1) is 7.47. The van der Waals surface area contributed by atoms with E-state index in [1.165, 1.54) is 19.3 Å². The Hall–Kier alpha value is -0.120. The summed E-state index contributed by atoms with van der Waals surface area (Å²) in [7, 11) is 0. The van der Waals surface area contributed by atoms with Gasteiger partial charge in [0.05, 0.1) is 12.2 Å². The molecule has 1 heterocycles. The second-order valence-electron chi connectivity index (χ2n) is 5.67. The number of hydrogen-bond acceptors (Lipinski definition) is 3. The fourth-order valence-corrected chi connectivity index (χ4v) is 2.25. The summed E-state index contributed by atoms with van der Waals surface area (Å²) in [6.07, 6.45) is 4.69. The van der Waals surface area contributed by atoms with Gasteiger partial charge in [0.15, 0.2) is 0 Å². The fourth-order valence-electron chi connectivity index (χ4n) is 2.25. The number of nitrogens with zero attached hydrogens (tertiary/aromatic N) is 1. The topological polar surface area (TPSA) is 43.7 Å². The number of rotatable bonds is 4. The van der Waals surface area contributed by atoms with Crippen molar-refractivity contribution in [2.45, 2.75) is 58.1 Å². The molecule has 0 bridgehead atoms. The van der Waals surface area contributed by atoms with Crippen LogP contribution >= 0.6 is 0 Å². The van der Waals surface area contributed by atoms with Crippen LogP contribution in [0, 0.1) is 5.92 Å². The third kappa shape index (κ3) is 3.72. The van der Waals surface area contributed by atoms with Gasteiger partial charge in [-0.3, -0.25) is 4.90 Å². The summed E-state index contributed by atoms with van der Waals surface area (Å²) in [6, 6.07) is 0.243. The van der Waals surface area contributed by atoms with Crippen molar-refractivity contribution in [1.82, 2.24) is 4.90 Å². The maximum absolute atomic E-state index is 10.3. The van der Waals surface area contributed by atoms with Crippen LogP contribution in [0.3, 0.4) is 0 Å². The van der Waals surface area contributed by atoms with Crippen LogP contribution < -0.4 is 0 Å². The molecule has 0 aliphatic carbocycles. The van der Waals surface area contributed by atoms with Gasteiger partial charge in [0.1, 0.15) is 0 Å². The summed E-state index contributed by atoms with van der Waals surface area (Å²) in [6.45, 7) is 7.90. The van der Waals surface area contributed by atoms with Crippen molar-refractivity contribution < 1.29 is 10.2 Å². The lowest BCUT2D eigenvalue weighted by atomic mass is 9.91. The molecule has 96 valence electrons. The molecule has 1 saturated heterocycles. The third-order valence-corrected chi connectivity index (χ3v) is 3.98. The molecule has 1 aliphatic rings. The zero-order chi connectivity index (χ0) is 12.2. The Kier molecular flexibility index (Phi) is 5.22. The molecular weight excluding hydrogens is 202 g/mol. The van der Waals surface area contributed by atoms with Crippen LogP contribution in [0.15, 0.2) is 0 Å². The Morgan fingerprint density at radius 2 is 2.00 bits per heavy atom. The van der Waals surface area contributed by atoms with E-state index < -0.39 is 5.60 Å². The number of β-amino-alcohol motifs (C(OH)–C–C–N with tert-alkyl or cyclic N) is 1. The van der Waals surface area contributed by atoms with Gasteiger partial charge in [0, 0.05) is 12.6 Å². The third-order valence-electron chi connectivity index (χ3n) is 3.98. The highest BCUT2D eigenvalue weighted by Crippen LogP contribution is 2.23. The van der Waals surface area contributed by atoms with E-state index in [9.17, 15) is 10.2 Å². The van der Waals surface area contributed by atoms with Gasteiger partial charge in [0.2, 0.25) is 0 Å². The van der Waals surface area contributed by atoms with E-state index in [1.54, 1.807) is 0 Å². The molecule has 0 radical (unpaired) electrons. The van der Waals surface area contributed by atoms with Crippen LogP contribution in [0.1, 0.15) is 46.5 Å². The summed E-state index contributed by atoms with van der Waals surface area (Å²) in [4.78, 5) is 2.27. The molecule has 1 rings (SSSR count). The zero-order valence-electron chi connectivity index (χ0n) is 10.9. The quantitative estimate of drug-likeness (QED) is 0.770. The maximum atomic E-state index is 10.3. The Bertz CT molecular complexity index is 204. The number of likely N-dealkylation sites (tertiary alicyclic amines) is 1. The van der Waals surface area contributed by atoms with Gasteiger partial charge in [-0.1, -0.05) is 26.7 Å².